The van der Waals surface area contributed by atoms with Gasteiger partial charge in [-0.1, -0.05) is 6.07 Å². The zero-order valence-corrected chi connectivity index (χ0v) is 13.0. The average molecular weight is 325 g/mol. The van der Waals surface area contributed by atoms with Crippen LogP contribution in [0.1, 0.15) is 24.0 Å². The number of halogens is 1. The highest BCUT2D eigenvalue weighted by Crippen LogP contribution is 2.35. The Balaban J connectivity index is 1.81. The summed E-state index contributed by atoms with van der Waals surface area (Å²) in [7, 11) is 1.74. The van der Waals surface area contributed by atoms with Gasteiger partial charge in [-0.25, -0.2) is 0 Å². The Morgan fingerprint density at radius 3 is 2.84 bits per heavy atom. The monoisotopic (exact) mass is 324 g/mol. The number of fused-ring (bicyclic) bond motifs is 1. The van der Waals surface area contributed by atoms with Crippen LogP contribution < -0.4 is 10.1 Å². The number of nitrogens with zero attached hydrogens (tertiary/aromatic N) is 1. The van der Waals surface area contributed by atoms with Gasteiger partial charge in [-0.05, 0) is 65.5 Å². The summed E-state index contributed by atoms with van der Waals surface area (Å²) in [4.78, 5) is 2.65. The van der Waals surface area contributed by atoms with Gasteiger partial charge in [-0.2, -0.15) is 0 Å². The van der Waals surface area contributed by atoms with Gasteiger partial charge < -0.3 is 10.1 Å². The first-order valence-electron chi connectivity index (χ1n) is 7.08. The van der Waals surface area contributed by atoms with E-state index in [0.717, 1.165) is 42.3 Å². The molecule has 0 bridgehead atoms. The average Bonchev–Trinajstić information content (AvgIpc) is 2.48. The van der Waals surface area contributed by atoms with Crippen molar-refractivity contribution in [1.82, 2.24) is 10.2 Å². The van der Waals surface area contributed by atoms with Gasteiger partial charge in [-0.15, -0.1) is 0 Å². The van der Waals surface area contributed by atoms with E-state index in [-0.39, 0.29) is 0 Å². The molecule has 2 aliphatic rings. The molecule has 2 heterocycles. The van der Waals surface area contributed by atoms with Gasteiger partial charge in [0.1, 0.15) is 5.75 Å². The van der Waals surface area contributed by atoms with Gasteiger partial charge in [0.25, 0.3) is 0 Å². The normalized spacial score (nSPS) is 21.2. The first-order valence-corrected chi connectivity index (χ1v) is 7.88. The zero-order valence-electron chi connectivity index (χ0n) is 11.4. The van der Waals surface area contributed by atoms with E-state index >= 15 is 0 Å². The molecule has 104 valence electrons. The van der Waals surface area contributed by atoms with Crippen molar-refractivity contribution in [3.63, 3.8) is 0 Å². The van der Waals surface area contributed by atoms with Crippen LogP contribution in [0.3, 0.4) is 0 Å². The maximum Gasteiger partial charge on any atom is 0.133 e. The largest absolute Gasteiger partial charge is 0.496 e. The molecule has 0 spiro atoms. The Morgan fingerprint density at radius 2 is 2.11 bits per heavy atom. The summed E-state index contributed by atoms with van der Waals surface area (Å²) in [6, 6.07) is 5.04. The topological polar surface area (TPSA) is 24.5 Å². The molecule has 1 fully saturated rings. The van der Waals surface area contributed by atoms with Crippen LogP contribution in [-0.4, -0.2) is 37.7 Å². The lowest BCUT2D eigenvalue weighted by molar-refractivity contribution is 0.146. The van der Waals surface area contributed by atoms with Crippen LogP contribution in [0, 0.1) is 0 Å². The number of piperidine rings is 1. The fraction of sp³-hybridized carbons (Fsp3) is 0.600. The molecule has 0 atom stereocenters. The van der Waals surface area contributed by atoms with E-state index in [1.807, 2.05) is 0 Å². The van der Waals surface area contributed by atoms with Crippen LogP contribution in [0.15, 0.2) is 16.6 Å². The Kier molecular flexibility index (Phi) is 4.10. The smallest absolute Gasteiger partial charge is 0.133 e. The first kappa shape index (κ1) is 13.4. The van der Waals surface area contributed by atoms with E-state index in [1.165, 1.54) is 30.5 Å². The summed E-state index contributed by atoms with van der Waals surface area (Å²) in [5.74, 6) is 0.950. The SMILES string of the molecule is COc1ccc2c(c1Br)CN(C1CCNCC1)CC2. The fourth-order valence-corrected chi connectivity index (χ4v) is 3.91. The highest BCUT2D eigenvalue weighted by Gasteiger charge is 2.26. The third kappa shape index (κ3) is 2.67. The highest BCUT2D eigenvalue weighted by atomic mass is 79.9. The predicted octanol–water partition coefficient (Wildman–Crippen LogP) is 2.57. The number of methoxy groups -OCH3 is 1. The molecule has 1 N–H and O–H groups in total. The molecule has 0 unspecified atom stereocenters. The van der Waals surface area contributed by atoms with Crippen LogP contribution in [0.2, 0.25) is 0 Å². The molecule has 1 aromatic carbocycles. The van der Waals surface area contributed by atoms with E-state index in [4.69, 9.17) is 4.74 Å². The van der Waals surface area contributed by atoms with Crippen LogP contribution in [0.5, 0.6) is 5.75 Å². The first-order chi connectivity index (χ1) is 9.29. The molecule has 1 saturated heterocycles. The summed E-state index contributed by atoms with van der Waals surface area (Å²) in [5.41, 5.74) is 2.89. The van der Waals surface area contributed by atoms with E-state index in [2.05, 4.69) is 38.3 Å². The van der Waals surface area contributed by atoms with Crippen LogP contribution in [-0.2, 0) is 13.0 Å². The molecule has 0 saturated carbocycles. The van der Waals surface area contributed by atoms with Gasteiger partial charge in [0.15, 0.2) is 0 Å². The van der Waals surface area contributed by atoms with E-state index in [0.29, 0.717) is 0 Å². The van der Waals surface area contributed by atoms with Crippen molar-refractivity contribution >= 4 is 15.9 Å². The lowest BCUT2D eigenvalue weighted by Crippen LogP contribution is -2.45. The molecule has 0 aromatic heterocycles. The fourth-order valence-electron chi connectivity index (χ4n) is 3.23. The Labute approximate surface area is 123 Å². The Hall–Kier alpha value is -0.580. The van der Waals surface area contributed by atoms with E-state index in [1.54, 1.807) is 7.11 Å². The molecule has 3 nitrogen and oxygen atoms in total. The molecular weight excluding hydrogens is 304 g/mol. The summed E-state index contributed by atoms with van der Waals surface area (Å²) < 4.78 is 6.56. The van der Waals surface area contributed by atoms with Crippen LogP contribution >= 0.6 is 15.9 Å². The number of nitrogens with one attached hydrogen (secondary N) is 1. The number of ether oxygens (including phenoxy) is 1. The van der Waals surface area contributed by atoms with Crippen molar-refractivity contribution in [2.45, 2.75) is 31.8 Å². The minimum absolute atomic E-state index is 0.743. The molecule has 1 aromatic rings. The summed E-state index contributed by atoms with van der Waals surface area (Å²) in [5, 5.41) is 3.45. The Morgan fingerprint density at radius 1 is 1.32 bits per heavy atom. The lowest BCUT2D eigenvalue weighted by Gasteiger charge is -2.38. The van der Waals surface area contributed by atoms with Crippen molar-refractivity contribution in [1.29, 1.82) is 0 Å². The number of benzene rings is 1. The maximum absolute atomic E-state index is 5.42. The number of hydrogen-bond donors (Lipinski definition) is 1. The standard InChI is InChI=1S/C15H21BrN2O/c1-19-14-3-2-11-6-9-18(10-13(11)15(14)16)12-4-7-17-8-5-12/h2-3,12,17H,4-10H2,1H3. The maximum atomic E-state index is 5.42. The quantitative estimate of drug-likeness (QED) is 0.904. The lowest BCUT2D eigenvalue weighted by atomic mass is 9.95. The van der Waals surface area contributed by atoms with Gasteiger partial charge in [0.2, 0.25) is 0 Å². The van der Waals surface area contributed by atoms with Crippen molar-refractivity contribution in [3.8, 4) is 5.75 Å². The minimum atomic E-state index is 0.743. The van der Waals surface area contributed by atoms with Crippen LogP contribution in [0.25, 0.3) is 0 Å². The zero-order chi connectivity index (χ0) is 13.2. The Bertz CT molecular complexity index is 458. The third-order valence-electron chi connectivity index (χ3n) is 4.38. The molecule has 0 amide bonds. The molecule has 0 aliphatic carbocycles. The second-order valence-electron chi connectivity index (χ2n) is 5.42. The van der Waals surface area contributed by atoms with Gasteiger partial charge >= 0.3 is 0 Å². The summed E-state index contributed by atoms with van der Waals surface area (Å²) in [6.45, 7) is 4.56. The van der Waals surface area contributed by atoms with Crippen LogP contribution in [0.4, 0.5) is 0 Å². The van der Waals surface area contributed by atoms with Crippen molar-refractivity contribution in [2.24, 2.45) is 0 Å². The summed E-state index contributed by atoms with van der Waals surface area (Å²) in [6.07, 6.45) is 3.70. The second kappa shape index (κ2) is 5.81. The van der Waals surface area contributed by atoms with Gasteiger partial charge in [0, 0.05) is 19.1 Å². The van der Waals surface area contributed by atoms with Gasteiger partial charge in [0.05, 0.1) is 11.6 Å². The predicted molar refractivity (Wildman–Crippen MR) is 80.7 cm³/mol. The van der Waals surface area contributed by atoms with E-state index in [9.17, 15) is 0 Å². The third-order valence-corrected chi connectivity index (χ3v) is 5.25. The van der Waals surface area contributed by atoms with E-state index < -0.39 is 0 Å². The van der Waals surface area contributed by atoms with Gasteiger partial charge in [-0.3, -0.25) is 4.90 Å². The number of hydrogen-bond acceptors (Lipinski definition) is 3. The molecule has 19 heavy (non-hydrogen) atoms. The van der Waals surface area contributed by atoms with Crippen molar-refractivity contribution in [3.05, 3.63) is 27.7 Å². The molecule has 4 heteroatoms. The second-order valence-corrected chi connectivity index (χ2v) is 6.21. The highest BCUT2D eigenvalue weighted by molar-refractivity contribution is 9.10. The minimum Gasteiger partial charge on any atom is -0.496 e. The number of rotatable bonds is 2. The molecule has 2 aliphatic heterocycles. The molecular formula is C15H21BrN2O. The van der Waals surface area contributed by atoms with Crippen molar-refractivity contribution < 1.29 is 4.74 Å². The molecule has 0 radical (unpaired) electrons. The molecule has 3 rings (SSSR count). The summed E-state index contributed by atoms with van der Waals surface area (Å²) >= 11 is 3.71. The van der Waals surface area contributed by atoms with Crippen molar-refractivity contribution in [2.75, 3.05) is 26.7 Å².